The fraction of sp³-hybridized carbons (Fsp3) is 0.500. The van der Waals surface area contributed by atoms with E-state index in [9.17, 15) is 0 Å². The summed E-state index contributed by atoms with van der Waals surface area (Å²) >= 11 is 0. The molecule has 3 atom stereocenters. The normalized spacial score (nSPS) is 41.2. The van der Waals surface area contributed by atoms with Crippen LogP contribution in [-0.4, -0.2) is 12.6 Å². The van der Waals surface area contributed by atoms with Crippen molar-refractivity contribution in [1.82, 2.24) is 0 Å². The third kappa shape index (κ3) is 1.32. The van der Waals surface area contributed by atoms with E-state index in [1.54, 1.807) is 0 Å². The molecule has 1 aliphatic rings. The zero-order valence-electron chi connectivity index (χ0n) is 3.49. The lowest BCUT2D eigenvalue weighted by molar-refractivity contribution is 0.686. The summed E-state index contributed by atoms with van der Waals surface area (Å²) < 4.78 is 5.02. The van der Waals surface area contributed by atoms with E-state index in [1.165, 1.54) is 0 Å². The van der Waals surface area contributed by atoms with Crippen LogP contribution in [-0.2, 0) is 4.52 Å². The van der Waals surface area contributed by atoms with Crippen LogP contribution >= 0.6 is 23.7 Å². The third-order valence-electron chi connectivity index (χ3n) is 0.543. The van der Waals surface area contributed by atoms with E-state index in [1.807, 2.05) is 5.98 Å². The second-order valence-corrected chi connectivity index (χ2v) is 9.42. The Morgan fingerprint density at radius 2 is 2.67 bits per heavy atom. The molecule has 0 amide bonds. The van der Waals surface area contributed by atoms with Crippen molar-refractivity contribution in [2.45, 2.75) is 0 Å². The summed E-state index contributed by atoms with van der Waals surface area (Å²) in [6.07, 6.45) is 0. The topological polar surface area (TPSA) is 9.23 Å². The van der Waals surface area contributed by atoms with Crippen LogP contribution in [0.5, 0.6) is 0 Å². The van der Waals surface area contributed by atoms with Crippen molar-refractivity contribution >= 4 is 29.7 Å². The molecule has 0 saturated carbocycles. The van der Waals surface area contributed by atoms with Crippen molar-refractivity contribution < 1.29 is 4.52 Å². The predicted octanol–water partition coefficient (Wildman–Crippen LogP) is 1.72. The van der Waals surface area contributed by atoms with Gasteiger partial charge in [0.25, 0.3) is 0 Å². The average molecular weight is 140 g/mol. The Hall–Kier alpha value is 1.12. The highest BCUT2D eigenvalue weighted by Crippen LogP contribution is 2.61. The van der Waals surface area contributed by atoms with E-state index >= 15 is 0 Å². The molecule has 1 rings (SSSR count). The van der Waals surface area contributed by atoms with Crippen LogP contribution in [0.1, 0.15) is 0 Å². The molecule has 0 fully saturated rings. The quantitative estimate of drug-likeness (QED) is 0.465. The van der Waals surface area contributed by atoms with Gasteiger partial charge in [-0.2, -0.15) is 0 Å². The van der Waals surface area contributed by atoms with Gasteiger partial charge in [-0.25, -0.2) is 0 Å². The maximum atomic E-state index is 5.02. The van der Waals surface area contributed by atoms with Crippen LogP contribution in [0.15, 0.2) is 0 Å². The van der Waals surface area contributed by atoms with Gasteiger partial charge in [0, 0.05) is 14.5 Å². The van der Waals surface area contributed by atoms with Gasteiger partial charge in [0.1, 0.15) is 0 Å². The van der Waals surface area contributed by atoms with E-state index in [0.717, 1.165) is 16.5 Å². The molecule has 1 heterocycles. The van der Waals surface area contributed by atoms with Crippen molar-refractivity contribution in [2.75, 3.05) is 6.66 Å². The SMILES string of the molecule is C[PH]1=COPP1. The Labute approximate surface area is 41.7 Å². The minimum atomic E-state index is -0.0643. The first kappa shape index (κ1) is 5.26. The number of rotatable bonds is 0. The van der Waals surface area contributed by atoms with Gasteiger partial charge >= 0.3 is 0 Å². The van der Waals surface area contributed by atoms with Crippen LogP contribution in [0.2, 0.25) is 0 Å². The molecule has 0 aromatic carbocycles. The molecule has 1 nitrogen and oxygen atoms in total. The molecule has 3 unspecified atom stereocenters. The van der Waals surface area contributed by atoms with Crippen LogP contribution in [0.25, 0.3) is 0 Å². The lowest BCUT2D eigenvalue weighted by Gasteiger charge is -1.79. The van der Waals surface area contributed by atoms with Gasteiger partial charge in [-0.05, 0) is 14.6 Å². The largest absolute Gasteiger partial charge is 0.330 e. The Bertz CT molecular complexity index is 78.9. The minimum absolute atomic E-state index is 0.0643. The molecule has 0 aliphatic carbocycles. The summed E-state index contributed by atoms with van der Waals surface area (Å²) in [6, 6.07) is 0. The van der Waals surface area contributed by atoms with Gasteiger partial charge in [0.05, 0.1) is 0 Å². The van der Waals surface area contributed by atoms with E-state index in [2.05, 4.69) is 6.66 Å². The summed E-state index contributed by atoms with van der Waals surface area (Å²) in [4.78, 5) is 0. The summed E-state index contributed by atoms with van der Waals surface area (Å²) in [5.41, 5.74) is 0. The lowest BCUT2D eigenvalue weighted by Crippen LogP contribution is -1.53. The van der Waals surface area contributed by atoms with E-state index in [0.29, 0.717) is 0 Å². The molecule has 0 saturated heterocycles. The molecule has 36 valence electrons. The van der Waals surface area contributed by atoms with Gasteiger partial charge in [-0.15, -0.1) is 0 Å². The van der Waals surface area contributed by atoms with E-state index in [-0.39, 0.29) is 7.23 Å². The van der Waals surface area contributed by atoms with Crippen molar-refractivity contribution in [3.8, 4) is 0 Å². The fourth-order valence-corrected chi connectivity index (χ4v) is 5.89. The Balaban J connectivity index is 2.45. The minimum Gasteiger partial charge on any atom is -0.330 e. The third-order valence-corrected chi connectivity index (χ3v) is 8.65. The molecule has 1 aliphatic heterocycles. The molecule has 0 N–H and O–H groups in total. The maximum Gasteiger partial charge on any atom is 0.0469 e. The zero-order valence-corrected chi connectivity index (χ0v) is 6.49. The van der Waals surface area contributed by atoms with Gasteiger partial charge in [0.2, 0.25) is 0 Å². The molecule has 4 heteroatoms. The van der Waals surface area contributed by atoms with E-state index in [4.69, 9.17) is 4.52 Å². The van der Waals surface area contributed by atoms with Crippen molar-refractivity contribution in [3.05, 3.63) is 0 Å². The summed E-state index contributed by atoms with van der Waals surface area (Å²) in [7, 11) is 1.88. The molecular weight excluding hydrogens is 133 g/mol. The summed E-state index contributed by atoms with van der Waals surface area (Å²) in [5.74, 6) is 2.03. The molecule has 0 aromatic heterocycles. The predicted molar refractivity (Wildman–Crippen MR) is 38.0 cm³/mol. The summed E-state index contributed by atoms with van der Waals surface area (Å²) in [5, 5.41) is 0. The number of hydrogen-bond donors (Lipinski definition) is 0. The second-order valence-electron chi connectivity index (χ2n) is 1.15. The highest BCUT2D eigenvalue weighted by molar-refractivity contribution is 8.48. The Morgan fingerprint density at radius 3 is 2.83 bits per heavy atom. The Morgan fingerprint density at radius 1 is 1.83 bits per heavy atom. The standard InChI is InChI=1S/C2H7OP3/c1-6-2-3-4-5-6/h2,4-6H,1H3. The van der Waals surface area contributed by atoms with Crippen LogP contribution in [0.4, 0.5) is 0 Å². The van der Waals surface area contributed by atoms with Crippen molar-refractivity contribution in [2.24, 2.45) is 0 Å². The van der Waals surface area contributed by atoms with Crippen LogP contribution in [0, 0.1) is 0 Å². The highest BCUT2D eigenvalue weighted by atomic mass is 32.4. The van der Waals surface area contributed by atoms with E-state index < -0.39 is 0 Å². The smallest absolute Gasteiger partial charge is 0.0469 e. The second kappa shape index (κ2) is 2.43. The average Bonchev–Trinajstić information content (AvgIpc) is 1.86. The molecule has 6 heavy (non-hydrogen) atoms. The molecule has 0 radical (unpaired) electrons. The van der Waals surface area contributed by atoms with Gasteiger partial charge in [-0.3, -0.25) is 0 Å². The first-order chi connectivity index (χ1) is 2.89. The van der Waals surface area contributed by atoms with Crippen molar-refractivity contribution in [1.29, 1.82) is 0 Å². The van der Waals surface area contributed by atoms with Crippen LogP contribution in [0.3, 0.4) is 0 Å². The first-order valence-electron chi connectivity index (χ1n) is 1.73. The number of hydrogen-bond acceptors (Lipinski definition) is 1. The van der Waals surface area contributed by atoms with Gasteiger partial charge in [0.15, 0.2) is 0 Å². The molecule has 0 spiro atoms. The monoisotopic (exact) mass is 140 g/mol. The molecule has 0 aromatic rings. The first-order valence-corrected chi connectivity index (χ1v) is 7.71. The molecular formula is C2H7OP3. The van der Waals surface area contributed by atoms with Gasteiger partial charge < -0.3 is 4.52 Å². The maximum absolute atomic E-state index is 5.02. The van der Waals surface area contributed by atoms with Gasteiger partial charge in [-0.1, -0.05) is 7.23 Å². The van der Waals surface area contributed by atoms with Crippen molar-refractivity contribution in [3.63, 3.8) is 0 Å². The van der Waals surface area contributed by atoms with Crippen LogP contribution < -0.4 is 0 Å². The lowest BCUT2D eigenvalue weighted by atomic mass is 11.7. The summed E-state index contributed by atoms with van der Waals surface area (Å²) in [6.45, 7) is 2.28. The fourth-order valence-electron chi connectivity index (χ4n) is 0.257. The Kier molecular flexibility index (Phi) is 2.13. The molecule has 0 bridgehead atoms. The highest BCUT2D eigenvalue weighted by Gasteiger charge is 1.94. The zero-order chi connectivity index (χ0) is 4.41.